The van der Waals surface area contributed by atoms with Crippen LogP contribution in [-0.4, -0.2) is 47.2 Å². The van der Waals surface area contributed by atoms with Gasteiger partial charge < -0.3 is 19.4 Å². The van der Waals surface area contributed by atoms with Crippen molar-refractivity contribution in [2.75, 3.05) is 13.7 Å². The summed E-state index contributed by atoms with van der Waals surface area (Å²) in [5.41, 5.74) is 1.44. The number of hydrogen-bond donors (Lipinski definition) is 1. The minimum atomic E-state index is -0.806. The number of nitrogens with zero attached hydrogens (tertiary/aromatic N) is 2. The molecule has 0 saturated heterocycles. The normalized spacial score (nSPS) is 11.9. The Hall–Kier alpha value is -3.23. The maximum absolute atomic E-state index is 12.4. The van der Waals surface area contributed by atoms with Gasteiger partial charge in [0.25, 0.3) is 11.5 Å². The summed E-state index contributed by atoms with van der Waals surface area (Å²) < 4.78 is 11.3. The van der Waals surface area contributed by atoms with Crippen LogP contribution in [0.2, 0.25) is 0 Å². The standard InChI is InChI=1S/C21H27N3O6/c1-6-24-17-8-7-14(10-15(17)22-13(4)19(24)26)20(27)30-11-18(25)23-16(9-12(2)3)21(28)29-5/h7-8,10,12,16H,6,9,11H2,1-5H3,(H,23,25)/t16-/m1/s1. The summed E-state index contributed by atoms with van der Waals surface area (Å²) in [5.74, 6) is -1.71. The van der Waals surface area contributed by atoms with E-state index in [1.54, 1.807) is 17.6 Å². The van der Waals surface area contributed by atoms with Crippen LogP contribution in [0.15, 0.2) is 23.0 Å². The van der Waals surface area contributed by atoms with E-state index in [-0.39, 0.29) is 17.0 Å². The van der Waals surface area contributed by atoms with Gasteiger partial charge in [0.05, 0.1) is 23.7 Å². The Labute approximate surface area is 174 Å². The minimum absolute atomic E-state index is 0.158. The van der Waals surface area contributed by atoms with Gasteiger partial charge in [-0.25, -0.2) is 14.6 Å². The van der Waals surface area contributed by atoms with Gasteiger partial charge in [0.15, 0.2) is 6.61 Å². The zero-order valence-corrected chi connectivity index (χ0v) is 17.9. The van der Waals surface area contributed by atoms with Crippen LogP contribution in [0, 0.1) is 12.8 Å². The van der Waals surface area contributed by atoms with Crippen molar-refractivity contribution in [3.8, 4) is 0 Å². The van der Waals surface area contributed by atoms with E-state index in [9.17, 15) is 19.2 Å². The van der Waals surface area contributed by atoms with Gasteiger partial charge in [0.2, 0.25) is 0 Å². The minimum Gasteiger partial charge on any atom is -0.467 e. The fourth-order valence-electron chi connectivity index (χ4n) is 3.09. The zero-order chi connectivity index (χ0) is 22.4. The average Bonchev–Trinajstić information content (AvgIpc) is 2.71. The Morgan fingerprint density at radius 1 is 1.23 bits per heavy atom. The Balaban J connectivity index is 2.09. The lowest BCUT2D eigenvalue weighted by atomic mass is 10.0. The number of esters is 2. The smallest absolute Gasteiger partial charge is 0.338 e. The number of aromatic nitrogens is 2. The van der Waals surface area contributed by atoms with Gasteiger partial charge in [-0.2, -0.15) is 0 Å². The van der Waals surface area contributed by atoms with Gasteiger partial charge in [-0.05, 0) is 44.4 Å². The van der Waals surface area contributed by atoms with Crippen molar-refractivity contribution in [1.82, 2.24) is 14.9 Å². The molecule has 0 fully saturated rings. The third kappa shape index (κ3) is 5.43. The molecule has 1 amide bonds. The Morgan fingerprint density at radius 3 is 2.53 bits per heavy atom. The molecule has 1 aromatic heterocycles. The van der Waals surface area contributed by atoms with E-state index >= 15 is 0 Å². The highest BCUT2D eigenvalue weighted by molar-refractivity contribution is 5.95. The third-order valence-corrected chi connectivity index (χ3v) is 4.52. The molecule has 1 N–H and O–H groups in total. The van der Waals surface area contributed by atoms with E-state index in [1.807, 2.05) is 20.8 Å². The van der Waals surface area contributed by atoms with Gasteiger partial charge in [-0.3, -0.25) is 9.59 Å². The highest BCUT2D eigenvalue weighted by atomic mass is 16.5. The number of ether oxygens (including phenoxy) is 2. The first kappa shape index (κ1) is 23.1. The molecule has 0 aliphatic rings. The van der Waals surface area contributed by atoms with E-state index in [0.717, 1.165) is 0 Å². The van der Waals surface area contributed by atoms with Crippen LogP contribution < -0.4 is 10.9 Å². The van der Waals surface area contributed by atoms with Gasteiger partial charge in [-0.1, -0.05) is 13.8 Å². The molecule has 9 nitrogen and oxygen atoms in total. The largest absolute Gasteiger partial charge is 0.467 e. The number of carbonyl (C=O) groups excluding carboxylic acids is 3. The second-order valence-corrected chi connectivity index (χ2v) is 7.30. The number of amides is 1. The average molecular weight is 417 g/mol. The first-order valence-electron chi connectivity index (χ1n) is 9.73. The van der Waals surface area contributed by atoms with Crippen LogP contribution in [0.3, 0.4) is 0 Å². The molecular weight excluding hydrogens is 390 g/mol. The van der Waals surface area contributed by atoms with Crippen LogP contribution in [-0.2, 0) is 25.6 Å². The molecule has 0 saturated carbocycles. The number of nitrogens with one attached hydrogen (secondary N) is 1. The molecule has 0 aliphatic heterocycles. The summed E-state index contributed by atoms with van der Waals surface area (Å²) >= 11 is 0. The van der Waals surface area contributed by atoms with Crippen LogP contribution in [0.5, 0.6) is 0 Å². The van der Waals surface area contributed by atoms with E-state index in [2.05, 4.69) is 10.3 Å². The number of aryl methyl sites for hydroxylation is 2. The lowest BCUT2D eigenvalue weighted by molar-refractivity contribution is -0.145. The molecule has 0 aliphatic carbocycles. The van der Waals surface area contributed by atoms with Crippen molar-refractivity contribution in [3.63, 3.8) is 0 Å². The summed E-state index contributed by atoms with van der Waals surface area (Å²) in [7, 11) is 1.25. The lowest BCUT2D eigenvalue weighted by Gasteiger charge is -2.18. The molecule has 2 rings (SSSR count). The van der Waals surface area contributed by atoms with Crippen LogP contribution in [0.4, 0.5) is 0 Å². The molecule has 1 aromatic carbocycles. The van der Waals surface area contributed by atoms with Gasteiger partial charge in [0.1, 0.15) is 11.7 Å². The van der Waals surface area contributed by atoms with Crippen molar-refractivity contribution in [2.45, 2.75) is 46.7 Å². The molecule has 0 radical (unpaired) electrons. The van der Waals surface area contributed by atoms with E-state index in [0.29, 0.717) is 29.7 Å². The molecule has 0 bridgehead atoms. The van der Waals surface area contributed by atoms with E-state index in [1.165, 1.54) is 19.2 Å². The number of benzene rings is 1. The van der Waals surface area contributed by atoms with Crippen molar-refractivity contribution < 1.29 is 23.9 Å². The van der Waals surface area contributed by atoms with E-state index in [4.69, 9.17) is 9.47 Å². The summed E-state index contributed by atoms with van der Waals surface area (Å²) in [6.07, 6.45) is 0.404. The number of hydrogen-bond acceptors (Lipinski definition) is 7. The number of fused-ring (bicyclic) bond motifs is 1. The van der Waals surface area contributed by atoms with Crippen molar-refractivity contribution in [1.29, 1.82) is 0 Å². The predicted molar refractivity (Wildman–Crippen MR) is 110 cm³/mol. The second-order valence-electron chi connectivity index (χ2n) is 7.30. The number of carbonyl (C=O) groups is 3. The van der Waals surface area contributed by atoms with Crippen LogP contribution >= 0.6 is 0 Å². The van der Waals surface area contributed by atoms with Crippen LogP contribution in [0.1, 0.15) is 43.2 Å². The topological polar surface area (TPSA) is 117 Å². The quantitative estimate of drug-likeness (QED) is 0.648. The van der Waals surface area contributed by atoms with Crippen molar-refractivity contribution in [2.24, 2.45) is 5.92 Å². The molecule has 162 valence electrons. The summed E-state index contributed by atoms with van der Waals surface area (Å²) in [4.78, 5) is 52.7. The van der Waals surface area contributed by atoms with Gasteiger partial charge in [0, 0.05) is 6.54 Å². The number of methoxy groups -OCH3 is 1. The van der Waals surface area contributed by atoms with E-state index < -0.39 is 30.5 Å². The fourth-order valence-corrected chi connectivity index (χ4v) is 3.09. The van der Waals surface area contributed by atoms with Gasteiger partial charge in [-0.15, -0.1) is 0 Å². The fraction of sp³-hybridized carbons (Fsp3) is 0.476. The summed E-state index contributed by atoms with van der Waals surface area (Å²) in [6.45, 7) is 7.22. The highest BCUT2D eigenvalue weighted by Gasteiger charge is 2.23. The molecule has 0 unspecified atom stereocenters. The van der Waals surface area contributed by atoms with Gasteiger partial charge >= 0.3 is 11.9 Å². The lowest BCUT2D eigenvalue weighted by Crippen LogP contribution is -2.44. The Kier molecular flexibility index (Phi) is 7.68. The van der Waals surface area contributed by atoms with Crippen molar-refractivity contribution in [3.05, 3.63) is 39.8 Å². The highest BCUT2D eigenvalue weighted by Crippen LogP contribution is 2.14. The molecule has 30 heavy (non-hydrogen) atoms. The molecular formula is C21H27N3O6. The maximum atomic E-state index is 12.4. The molecule has 1 heterocycles. The summed E-state index contributed by atoms with van der Waals surface area (Å²) in [6, 6.07) is 3.85. The number of rotatable bonds is 8. The zero-order valence-electron chi connectivity index (χ0n) is 17.9. The SMILES string of the molecule is CCn1c(=O)c(C)nc2cc(C(=O)OCC(=O)N[C@H](CC(C)C)C(=O)OC)ccc21. The van der Waals surface area contributed by atoms with Crippen molar-refractivity contribution >= 4 is 28.9 Å². The molecule has 9 heteroatoms. The Morgan fingerprint density at radius 2 is 1.93 bits per heavy atom. The third-order valence-electron chi connectivity index (χ3n) is 4.52. The first-order chi connectivity index (χ1) is 14.2. The summed E-state index contributed by atoms with van der Waals surface area (Å²) in [5, 5.41) is 2.52. The van der Waals surface area contributed by atoms with Crippen LogP contribution in [0.25, 0.3) is 11.0 Å². The molecule has 1 atom stereocenters. The first-order valence-corrected chi connectivity index (χ1v) is 9.73. The second kappa shape index (κ2) is 10.00. The Bertz CT molecular complexity index is 1010. The molecule has 2 aromatic rings. The monoisotopic (exact) mass is 417 g/mol. The maximum Gasteiger partial charge on any atom is 0.338 e. The molecule has 0 spiro atoms. The predicted octanol–water partition coefficient (Wildman–Crippen LogP) is 1.59.